The monoisotopic (exact) mass is 627 g/mol. The molecule has 2 nitrogen and oxygen atoms in total. The third-order valence-corrected chi connectivity index (χ3v) is 10.7. The number of benzene rings is 8. The molecule has 0 spiro atoms. The van der Waals surface area contributed by atoms with Crippen LogP contribution in [0.5, 0.6) is 0 Å². The van der Waals surface area contributed by atoms with Crippen molar-refractivity contribution in [3.63, 3.8) is 0 Å². The topological polar surface area (TPSA) is 16.4 Å². The largest absolute Gasteiger partial charge is 0.455 e. The maximum absolute atomic E-state index is 6.51. The third kappa shape index (κ3) is 4.14. The summed E-state index contributed by atoms with van der Waals surface area (Å²) in [6.45, 7) is 4.70. The van der Waals surface area contributed by atoms with Crippen molar-refractivity contribution in [2.75, 3.05) is 4.90 Å². The highest BCUT2D eigenvalue weighted by molar-refractivity contribution is 6.19. The van der Waals surface area contributed by atoms with E-state index in [4.69, 9.17) is 4.42 Å². The molecule has 0 amide bonds. The van der Waals surface area contributed by atoms with Crippen LogP contribution in [-0.2, 0) is 5.41 Å². The van der Waals surface area contributed by atoms with E-state index in [9.17, 15) is 0 Å². The van der Waals surface area contributed by atoms with Gasteiger partial charge in [0.1, 0.15) is 11.2 Å². The van der Waals surface area contributed by atoms with Crippen molar-refractivity contribution < 1.29 is 4.42 Å². The van der Waals surface area contributed by atoms with Crippen LogP contribution in [0.1, 0.15) is 25.0 Å². The van der Waals surface area contributed by atoms with Crippen LogP contribution in [0.15, 0.2) is 168 Å². The molecule has 9 aromatic rings. The summed E-state index contributed by atoms with van der Waals surface area (Å²) in [6.07, 6.45) is 0. The van der Waals surface area contributed by atoms with Crippen LogP contribution in [0.25, 0.3) is 65.7 Å². The summed E-state index contributed by atoms with van der Waals surface area (Å²) in [6, 6.07) is 59.4. The SMILES string of the molecule is CC1(C)c2ccccc2-c2ccc(N(c3ccc(-c4cccc5oc6c7ccccc7ccc6c45)cc3)c3cccc4ccccc34)cc21. The molecular formula is C47H33NO. The molecule has 0 atom stereocenters. The minimum Gasteiger partial charge on any atom is -0.455 e. The van der Waals surface area contributed by atoms with Gasteiger partial charge in [-0.05, 0) is 86.6 Å². The van der Waals surface area contributed by atoms with Crippen molar-refractivity contribution in [1.82, 2.24) is 0 Å². The molecule has 0 aliphatic heterocycles. The summed E-state index contributed by atoms with van der Waals surface area (Å²) in [5.74, 6) is 0. The van der Waals surface area contributed by atoms with Gasteiger partial charge < -0.3 is 9.32 Å². The number of fused-ring (bicyclic) bond motifs is 9. The predicted octanol–water partition coefficient (Wildman–Crippen LogP) is 13.3. The molecule has 10 rings (SSSR count). The molecular weight excluding hydrogens is 595 g/mol. The smallest absolute Gasteiger partial charge is 0.143 e. The lowest BCUT2D eigenvalue weighted by Crippen LogP contribution is -2.16. The van der Waals surface area contributed by atoms with Crippen molar-refractivity contribution in [2.24, 2.45) is 0 Å². The van der Waals surface area contributed by atoms with Gasteiger partial charge in [0, 0.05) is 38.3 Å². The quantitative estimate of drug-likeness (QED) is 0.193. The Kier molecular flexibility index (Phi) is 5.95. The summed E-state index contributed by atoms with van der Waals surface area (Å²) in [4.78, 5) is 2.42. The van der Waals surface area contributed by atoms with Gasteiger partial charge in [0.25, 0.3) is 0 Å². The fourth-order valence-corrected chi connectivity index (χ4v) is 8.25. The van der Waals surface area contributed by atoms with Crippen molar-refractivity contribution in [2.45, 2.75) is 19.3 Å². The van der Waals surface area contributed by atoms with E-state index >= 15 is 0 Å². The number of rotatable bonds is 4. The molecule has 0 radical (unpaired) electrons. The Hall–Kier alpha value is -6.12. The van der Waals surface area contributed by atoms with E-state index in [2.05, 4.69) is 183 Å². The van der Waals surface area contributed by atoms with E-state index < -0.39 is 0 Å². The zero-order valence-electron chi connectivity index (χ0n) is 27.4. The molecule has 2 heteroatoms. The lowest BCUT2D eigenvalue weighted by molar-refractivity contribution is 0.660. The minimum absolute atomic E-state index is 0.0897. The van der Waals surface area contributed by atoms with Gasteiger partial charge in [0.2, 0.25) is 0 Å². The summed E-state index contributed by atoms with van der Waals surface area (Å²) in [7, 11) is 0. The molecule has 0 saturated carbocycles. The summed E-state index contributed by atoms with van der Waals surface area (Å²) in [5, 5.41) is 7.08. The van der Waals surface area contributed by atoms with Gasteiger partial charge in [-0.15, -0.1) is 0 Å². The fourth-order valence-electron chi connectivity index (χ4n) is 8.25. The molecule has 8 aromatic carbocycles. The molecule has 1 aliphatic rings. The Balaban J connectivity index is 1.14. The van der Waals surface area contributed by atoms with Crippen molar-refractivity contribution in [3.05, 3.63) is 175 Å². The van der Waals surface area contributed by atoms with Gasteiger partial charge >= 0.3 is 0 Å². The number of anilines is 3. The number of nitrogens with zero attached hydrogens (tertiary/aromatic N) is 1. The Morgan fingerprint density at radius 3 is 1.98 bits per heavy atom. The second kappa shape index (κ2) is 10.4. The van der Waals surface area contributed by atoms with E-state index in [-0.39, 0.29) is 5.41 Å². The van der Waals surface area contributed by atoms with E-state index in [1.54, 1.807) is 0 Å². The van der Waals surface area contributed by atoms with Crippen molar-refractivity contribution in [1.29, 1.82) is 0 Å². The van der Waals surface area contributed by atoms with E-state index in [0.717, 1.165) is 50.0 Å². The van der Waals surface area contributed by atoms with Gasteiger partial charge in [0.15, 0.2) is 0 Å². The first-order chi connectivity index (χ1) is 24.1. The zero-order chi connectivity index (χ0) is 32.7. The van der Waals surface area contributed by atoms with Crippen LogP contribution in [0, 0.1) is 0 Å². The first-order valence-corrected chi connectivity index (χ1v) is 17.0. The maximum atomic E-state index is 6.51. The molecule has 0 unspecified atom stereocenters. The highest BCUT2D eigenvalue weighted by Gasteiger charge is 2.35. The Bertz CT molecular complexity index is 2740. The Morgan fingerprint density at radius 1 is 0.469 bits per heavy atom. The van der Waals surface area contributed by atoms with Crippen molar-refractivity contribution >= 4 is 60.5 Å². The Labute approximate surface area is 285 Å². The second-order valence-corrected chi connectivity index (χ2v) is 13.7. The molecule has 49 heavy (non-hydrogen) atoms. The predicted molar refractivity (Wildman–Crippen MR) is 206 cm³/mol. The molecule has 1 aliphatic carbocycles. The summed E-state index contributed by atoms with van der Waals surface area (Å²) >= 11 is 0. The normalized spacial score (nSPS) is 13.3. The summed E-state index contributed by atoms with van der Waals surface area (Å²) in [5.41, 5.74) is 12.9. The van der Waals surface area contributed by atoms with Gasteiger partial charge in [-0.25, -0.2) is 0 Å². The van der Waals surface area contributed by atoms with Gasteiger partial charge in [-0.1, -0.05) is 135 Å². The van der Waals surface area contributed by atoms with Crippen LogP contribution in [0.2, 0.25) is 0 Å². The lowest BCUT2D eigenvalue weighted by Gasteiger charge is -2.29. The fraction of sp³-hybridized carbons (Fsp3) is 0.0638. The maximum Gasteiger partial charge on any atom is 0.143 e. The minimum atomic E-state index is -0.0897. The number of furan rings is 1. The second-order valence-electron chi connectivity index (χ2n) is 13.7. The molecule has 1 aromatic heterocycles. The summed E-state index contributed by atoms with van der Waals surface area (Å²) < 4.78 is 6.51. The first-order valence-electron chi connectivity index (χ1n) is 17.0. The van der Waals surface area contributed by atoms with Gasteiger partial charge in [-0.3, -0.25) is 0 Å². The van der Waals surface area contributed by atoms with Gasteiger partial charge in [0.05, 0.1) is 5.69 Å². The Morgan fingerprint density at radius 2 is 1.12 bits per heavy atom. The highest BCUT2D eigenvalue weighted by Crippen LogP contribution is 2.51. The van der Waals surface area contributed by atoms with Crippen LogP contribution in [0.3, 0.4) is 0 Å². The van der Waals surface area contributed by atoms with Crippen LogP contribution < -0.4 is 4.90 Å². The lowest BCUT2D eigenvalue weighted by atomic mass is 9.82. The zero-order valence-corrected chi connectivity index (χ0v) is 27.4. The van der Waals surface area contributed by atoms with E-state index in [0.29, 0.717) is 0 Å². The van der Waals surface area contributed by atoms with Crippen LogP contribution >= 0.6 is 0 Å². The van der Waals surface area contributed by atoms with Crippen LogP contribution in [-0.4, -0.2) is 0 Å². The molecule has 0 bridgehead atoms. The van der Waals surface area contributed by atoms with Crippen molar-refractivity contribution in [3.8, 4) is 22.3 Å². The van der Waals surface area contributed by atoms with E-state index in [1.807, 2.05) is 0 Å². The molecule has 0 fully saturated rings. The third-order valence-electron chi connectivity index (χ3n) is 10.7. The van der Waals surface area contributed by atoms with E-state index in [1.165, 1.54) is 44.0 Å². The van der Waals surface area contributed by atoms with Gasteiger partial charge in [-0.2, -0.15) is 0 Å². The molecule has 0 saturated heterocycles. The first kappa shape index (κ1) is 27.9. The average Bonchev–Trinajstić information content (AvgIpc) is 3.65. The standard InChI is InChI=1S/C47H33NO/c1-47(2)41-18-8-7-16-38(41)39-28-26-34(29-42(39)47)48(43-19-9-13-30-11-3-5-14-35(30)43)33-24-21-32(22-25-33)36-17-10-20-44-45(36)40-27-23-31-12-4-6-15-37(31)46(40)49-44/h3-29H,1-2H3. The average molecular weight is 628 g/mol. The molecule has 1 heterocycles. The molecule has 0 N–H and O–H groups in total. The molecule has 232 valence electrons. The number of hydrogen-bond acceptors (Lipinski definition) is 2. The highest BCUT2D eigenvalue weighted by atomic mass is 16.3. The van der Waals surface area contributed by atoms with Crippen LogP contribution in [0.4, 0.5) is 17.1 Å². The number of hydrogen-bond donors (Lipinski definition) is 0.